The number of aliphatic hydroxyl groups is 2. The quantitative estimate of drug-likeness (QED) is 0.357. The van der Waals surface area contributed by atoms with E-state index in [9.17, 15) is 19.8 Å². The summed E-state index contributed by atoms with van der Waals surface area (Å²) >= 11 is 4.62. The van der Waals surface area contributed by atoms with Crippen molar-refractivity contribution in [3.8, 4) is 0 Å². The van der Waals surface area contributed by atoms with Crippen molar-refractivity contribution in [2.45, 2.75) is 29.2 Å². The number of fused-ring (bicyclic) bond motifs is 3. The minimum Gasteiger partial charge on any atom is -0.454 e. The Kier molecular flexibility index (Phi) is 4.64. The Morgan fingerprint density at radius 3 is 2.79 bits per heavy atom. The molecule has 170 valence electrons. The van der Waals surface area contributed by atoms with Crippen molar-refractivity contribution in [1.82, 2.24) is 0 Å². The van der Waals surface area contributed by atoms with Gasteiger partial charge in [-0.25, -0.2) is 9.59 Å². The third-order valence-corrected chi connectivity index (χ3v) is 7.11. The number of aliphatic hydroxyl groups excluding tert-OH is 1. The maximum Gasteiger partial charge on any atom is 0.508 e. The minimum absolute atomic E-state index is 0.115. The first-order valence-electron chi connectivity index (χ1n) is 10.7. The second-order valence-corrected chi connectivity index (χ2v) is 9.05. The van der Waals surface area contributed by atoms with Crippen molar-refractivity contribution >= 4 is 35.5 Å². The highest BCUT2D eigenvalue weighted by molar-refractivity contribution is 7.81. The van der Waals surface area contributed by atoms with Gasteiger partial charge in [0.05, 0.1) is 10.8 Å². The van der Waals surface area contributed by atoms with Crippen LogP contribution in [0, 0.1) is 0 Å². The predicted octanol–water partition coefficient (Wildman–Crippen LogP) is 2.79. The molecule has 34 heavy (non-hydrogen) atoms. The maximum absolute atomic E-state index is 13.1. The van der Waals surface area contributed by atoms with Crippen LogP contribution in [0.2, 0.25) is 0 Å². The van der Waals surface area contributed by atoms with Crippen LogP contribution in [0.4, 0.5) is 4.79 Å². The first-order chi connectivity index (χ1) is 16.4. The molecule has 1 heterocycles. The molecule has 0 spiro atoms. The molecule has 7 nitrogen and oxygen atoms in total. The lowest BCUT2D eigenvalue weighted by atomic mass is 9.84. The summed E-state index contributed by atoms with van der Waals surface area (Å²) in [6.45, 7) is -0.115. The first kappa shape index (κ1) is 21.1. The van der Waals surface area contributed by atoms with E-state index in [-0.39, 0.29) is 6.61 Å². The molecule has 5 atom stereocenters. The SMILES string of the molecule is O=C1OCC([C@@]2(O)C=C=C3C=C4C(=C=C32)[C@H](S)[C@@H](OC(=O)c2cccc3ccccc23)[C@@H]4O)O1. The summed E-state index contributed by atoms with van der Waals surface area (Å²) in [4.78, 5) is 24.5. The molecule has 2 aromatic rings. The van der Waals surface area contributed by atoms with Gasteiger partial charge in [0.1, 0.15) is 18.8 Å². The fourth-order valence-electron chi connectivity index (χ4n) is 4.79. The molecule has 2 fully saturated rings. The van der Waals surface area contributed by atoms with Crippen molar-refractivity contribution < 1.29 is 34.0 Å². The normalized spacial score (nSPS) is 31.1. The van der Waals surface area contributed by atoms with E-state index in [4.69, 9.17) is 14.2 Å². The monoisotopic (exact) mass is 474 g/mol. The summed E-state index contributed by atoms with van der Waals surface area (Å²) < 4.78 is 15.7. The fraction of sp³-hybridized carbons (Fsp3) is 0.231. The number of ether oxygens (including phenoxy) is 3. The van der Waals surface area contributed by atoms with Gasteiger partial charge in [0.15, 0.2) is 11.7 Å². The summed E-state index contributed by atoms with van der Waals surface area (Å²) in [6, 6.07) is 12.8. The summed E-state index contributed by atoms with van der Waals surface area (Å²) in [5, 5.41) is 23.2. The average Bonchev–Trinajstić information content (AvgIpc) is 3.50. The second-order valence-electron chi connectivity index (χ2n) is 8.49. The zero-order valence-corrected chi connectivity index (χ0v) is 18.5. The van der Waals surface area contributed by atoms with Crippen molar-refractivity contribution in [1.29, 1.82) is 0 Å². The largest absolute Gasteiger partial charge is 0.508 e. The van der Waals surface area contributed by atoms with E-state index in [1.54, 1.807) is 18.2 Å². The number of hydrogen-bond donors (Lipinski definition) is 3. The lowest BCUT2D eigenvalue weighted by Crippen LogP contribution is -2.43. The predicted molar refractivity (Wildman–Crippen MR) is 123 cm³/mol. The Balaban J connectivity index is 1.34. The van der Waals surface area contributed by atoms with E-state index < -0.39 is 41.3 Å². The number of carbonyl (C=O) groups is 2. The van der Waals surface area contributed by atoms with Crippen LogP contribution in [-0.4, -0.2) is 58.1 Å². The lowest BCUT2D eigenvalue weighted by Gasteiger charge is -2.27. The fourth-order valence-corrected chi connectivity index (χ4v) is 5.23. The van der Waals surface area contributed by atoms with Crippen molar-refractivity contribution in [3.05, 3.63) is 93.9 Å². The van der Waals surface area contributed by atoms with Crippen molar-refractivity contribution in [3.63, 3.8) is 0 Å². The summed E-state index contributed by atoms with van der Waals surface area (Å²) in [5.74, 6) is -0.571. The molecular weight excluding hydrogens is 456 g/mol. The van der Waals surface area contributed by atoms with Crippen molar-refractivity contribution in [2.75, 3.05) is 6.61 Å². The molecule has 0 aromatic heterocycles. The van der Waals surface area contributed by atoms with Gasteiger partial charge in [-0.15, -0.1) is 11.5 Å². The number of benzene rings is 2. The third-order valence-electron chi connectivity index (χ3n) is 6.56. The van der Waals surface area contributed by atoms with E-state index in [1.165, 1.54) is 6.08 Å². The number of cyclic esters (lactones) is 2. The third kappa shape index (κ3) is 3.02. The van der Waals surface area contributed by atoms with Gasteiger partial charge in [0.25, 0.3) is 0 Å². The van der Waals surface area contributed by atoms with Gasteiger partial charge in [0, 0.05) is 16.7 Å². The van der Waals surface area contributed by atoms with E-state index in [1.807, 2.05) is 30.3 Å². The smallest absolute Gasteiger partial charge is 0.454 e. The topological polar surface area (TPSA) is 102 Å². The Hall–Kier alpha value is -3.51. The highest BCUT2D eigenvalue weighted by Crippen LogP contribution is 2.45. The molecule has 2 aromatic carbocycles. The summed E-state index contributed by atoms with van der Waals surface area (Å²) in [6.07, 6.45) is -0.854. The molecule has 0 radical (unpaired) electrons. The highest BCUT2D eigenvalue weighted by Gasteiger charge is 2.51. The first-order valence-corrected chi connectivity index (χ1v) is 11.2. The maximum atomic E-state index is 13.1. The average molecular weight is 474 g/mol. The van der Waals surface area contributed by atoms with Crippen LogP contribution in [0.3, 0.4) is 0 Å². The molecular formula is C26H18O7S. The van der Waals surface area contributed by atoms with Crippen LogP contribution >= 0.6 is 12.6 Å². The van der Waals surface area contributed by atoms with Crippen LogP contribution in [-0.2, 0) is 14.2 Å². The zero-order valence-electron chi connectivity index (χ0n) is 17.6. The molecule has 0 bridgehead atoms. The van der Waals surface area contributed by atoms with Gasteiger partial charge in [-0.1, -0.05) is 36.4 Å². The lowest BCUT2D eigenvalue weighted by molar-refractivity contribution is 0.00413. The van der Waals surface area contributed by atoms with Gasteiger partial charge in [0.2, 0.25) is 0 Å². The van der Waals surface area contributed by atoms with Gasteiger partial charge in [-0.2, -0.15) is 12.6 Å². The van der Waals surface area contributed by atoms with E-state index in [2.05, 4.69) is 24.1 Å². The number of rotatable bonds is 3. The molecule has 6 rings (SSSR count). The molecule has 4 aliphatic rings. The van der Waals surface area contributed by atoms with E-state index in [0.717, 1.165) is 10.8 Å². The Morgan fingerprint density at radius 2 is 2.00 bits per heavy atom. The molecule has 8 heteroatoms. The molecule has 2 N–H and O–H groups in total. The van der Waals surface area contributed by atoms with Crippen LogP contribution in [0.15, 0.2) is 88.4 Å². The number of thiol groups is 1. The van der Waals surface area contributed by atoms with Gasteiger partial charge < -0.3 is 24.4 Å². The number of carbonyl (C=O) groups excluding carboxylic acids is 2. The van der Waals surface area contributed by atoms with Crippen LogP contribution in [0.25, 0.3) is 10.8 Å². The number of allylic oxidation sites excluding steroid dienone is 1. The Labute approximate surface area is 199 Å². The molecule has 1 aliphatic heterocycles. The molecule has 1 saturated carbocycles. The van der Waals surface area contributed by atoms with Gasteiger partial charge in [-0.3, -0.25) is 0 Å². The van der Waals surface area contributed by atoms with E-state index >= 15 is 0 Å². The van der Waals surface area contributed by atoms with Crippen LogP contribution in [0.1, 0.15) is 10.4 Å². The highest BCUT2D eigenvalue weighted by atomic mass is 32.1. The number of esters is 1. The van der Waals surface area contributed by atoms with Gasteiger partial charge >= 0.3 is 12.1 Å². The van der Waals surface area contributed by atoms with Crippen LogP contribution in [0.5, 0.6) is 0 Å². The summed E-state index contributed by atoms with van der Waals surface area (Å²) in [7, 11) is 0. The second kappa shape index (κ2) is 7.50. The minimum atomic E-state index is -1.67. The number of hydrogen-bond acceptors (Lipinski definition) is 8. The van der Waals surface area contributed by atoms with Crippen molar-refractivity contribution in [2.24, 2.45) is 0 Å². The zero-order chi connectivity index (χ0) is 23.6. The molecule has 1 unspecified atom stereocenters. The van der Waals surface area contributed by atoms with Gasteiger partial charge in [-0.05, 0) is 34.6 Å². The molecule has 0 amide bonds. The van der Waals surface area contributed by atoms with Crippen LogP contribution < -0.4 is 0 Å². The Morgan fingerprint density at radius 1 is 1.21 bits per heavy atom. The Bertz CT molecular complexity index is 1430. The molecule has 1 saturated heterocycles. The standard InChI is InChI=1S/C26H18O7S/c27-21-17-10-14-8-9-26(30,20-12-31-25(29)32-20)19(14)11-18(17)23(34)22(21)33-24(28)16-7-3-5-13-4-1-2-6-15(13)16/h1-7,9-10,20-23,27,30,34H,12H2/t20?,21-,22+,23+,26-/m1/s1. The van der Waals surface area contributed by atoms with E-state index in [0.29, 0.717) is 27.9 Å². The molecule has 3 aliphatic carbocycles. The summed E-state index contributed by atoms with van der Waals surface area (Å²) in [5.41, 5.74) is 6.59.